The van der Waals surface area contributed by atoms with Crippen molar-refractivity contribution in [1.29, 1.82) is 5.26 Å². The van der Waals surface area contributed by atoms with Gasteiger partial charge in [0.2, 0.25) is 0 Å². The van der Waals surface area contributed by atoms with E-state index in [1.165, 1.54) is 6.07 Å². The van der Waals surface area contributed by atoms with E-state index in [-0.39, 0.29) is 24.7 Å². The Morgan fingerprint density at radius 1 is 1.22 bits per heavy atom. The first-order valence-electron chi connectivity index (χ1n) is 11.7. The number of amides is 1. The van der Waals surface area contributed by atoms with E-state index in [9.17, 15) is 15.2 Å². The molecule has 4 rings (SSSR count). The van der Waals surface area contributed by atoms with Crippen molar-refractivity contribution >= 4 is 27.5 Å². The molecule has 184 valence electrons. The third-order valence-corrected chi connectivity index (χ3v) is 6.32. The monoisotopic (exact) mass is 546 g/mol. The summed E-state index contributed by atoms with van der Waals surface area (Å²) in [5.74, 6) is 0.155. The SMILES string of the molecule is CC(C)Oc1ccc(C(=O)N[C@H](CCO)Cc2ccc(-c3cn4cccc(Br)c4n3)cc2)cc1C#N. The van der Waals surface area contributed by atoms with Gasteiger partial charge in [0, 0.05) is 36.2 Å². The molecule has 1 amide bonds. The Balaban J connectivity index is 1.46. The van der Waals surface area contributed by atoms with Crippen LogP contribution in [-0.2, 0) is 6.42 Å². The number of carbonyl (C=O) groups excluding carboxylic acids is 1. The van der Waals surface area contributed by atoms with Crippen LogP contribution in [0.5, 0.6) is 5.75 Å². The normalized spacial score (nSPS) is 11.9. The quantitative estimate of drug-likeness (QED) is 0.302. The minimum absolute atomic E-state index is 0.0518. The third kappa shape index (κ3) is 5.93. The van der Waals surface area contributed by atoms with E-state index in [4.69, 9.17) is 9.72 Å². The van der Waals surface area contributed by atoms with Gasteiger partial charge in [-0.3, -0.25) is 4.79 Å². The fourth-order valence-electron chi connectivity index (χ4n) is 3.98. The Kier molecular flexibility index (Phi) is 8.04. The molecule has 0 radical (unpaired) electrons. The smallest absolute Gasteiger partial charge is 0.251 e. The van der Waals surface area contributed by atoms with Crippen LogP contribution in [0.25, 0.3) is 16.9 Å². The molecule has 0 spiro atoms. The first-order chi connectivity index (χ1) is 17.4. The fourth-order valence-corrected chi connectivity index (χ4v) is 4.43. The van der Waals surface area contributed by atoms with Crippen LogP contribution in [0.3, 0.4) is 0 Å². The summed E-state index contributed by atoms with van der Waals surface area (Å²) in [4.78, 5) is 17.6. The molecule has 0 aliphatic heterocycles. The lowest BCUT2D eigenvalue weighted by molar-refractivity contribution is 0.0930. The van der Waals surface area contributed by atoms with Gasteiger partial charge in [0.15, 0.2) is 5.65 Å². The lowest BCUT2D eigenvalue weighted by Crippen LogP contribution is -2.37. The average molecular weight is 547 g/mol. The van der Waals surface area contributed by atoms with Gasteiger partial charge < -0.3 is 19.6 Å². The maximum atomic E-state index is 12.9. The molecule has 0 saturated carbocycles. The van der Waals surface area contributed by atoms with Crippen molar-refractivity contribution in [2.24, 2.45) is 0 Å². The number of fused-ring (bicyclic) bond motifs is 1. The zero-order valence-electron chi connectivity index (χ0n) is 20.1. The van der Waals surface area contributed by atoms with Crippen LogP contribution in [0.1, 0.15) is 41.8 Å². The number of nitrogens with one attached hydrogen (secondary N) is 1. The largest absolute Gasteiger partial charge is 0.490 e. The van der Waals surface area contributed by atoms with E-state index in [0.29, 0.717) is 29.7 Å². The van der Waals surface area contributed by atoms with Gasteiger partial charge in [-0.2, -0.15) is 5.26 Å². The maximum absolute atomic E-state index is 12.9. The molecule has 2 aromatic heterocycles. The number of imidazole rings is 1. The maximum Gasteiger partial charge on any atom is 0.251 e. The van der Waals surface area contributed by atoms with Gasteiger partial charge >= 0.3 is 0 Å². The number of rotatable bonds is 9. The Labute approximate surface area is 218 Å². The van der Waals surface area contributed by atoms with Gasteiger partial charge in [0.1, 0.15) is 11.8 Å². The van der Waals surface area contributed by atoms with E-state index in [0.717, 1.165) is 26.9 Å². The molecule has 0 unspecified atom stereocenters. The number of carbonyl (C=O) groups is 1. The van der Waals surface area contributed by atoms with Crippen molar-refractivity contribution in [3.05, 3.63) is 88.2 Å². The summed E-state index contributed by atoms with van der Waals surface area (Å²) in [7, 11) is 0. The fraction of sp³-hybridized carbons (Fsp3) is 0.250. The zero-order valence-corrected chi connectivity index (χ0v) is 21.7. The number of hydrogen-bond donors (Lipinski definition) is 2. The molecule has 1 atom stereocenters. The summed E-state index contributed by atoms with van der Waals surface area (Å²) in [5, 5.41) is 22.0. The summed E-state index contributed by atoms with van der Waals surface area (Å²) >= 11 is 3.53. The lowest BCUT2D eigenvalue weighted by atomic mass is 10.0. The number of aliphatic hydroxyl groups is 1. The molecule has 2 heterocycles. The number of halogens is 1. The Morgan fingerprint density at radius 2 is 2.00 bits per heavy atom. The average Bonchev–Trinajstić information content (AvgIpc) is 3.30. The van der Waals surface area contributed by atoms with Crippen LogP contribution in [0.4, 0.5) is 0 Å². The number of aliphatic hydroxyl groups excluding tert-OH is 1. The second-order valence-electron chi connectivity index (χ2n) is 8.79. The molecule has 0 aliphatic carbocycles. The predicted molar refractivity (Wildman–Crippen MR) is 142 cm³/mol. The summed E-state index contributed by atoms with van der Waals surface area (Å²) < 4.78 is 8.54. The first kappa shape index (κ1) is 25.4. The molecule has 0 bridgehead atoms. The number of pyridine rings is 1. The van der Waals surface area contributed by atoms with E-state index in [2.05, 4.69) is 27.3 Å². The van der Waals surface area contributed by atoms with Crippen LogP contribution in [-0.4, -0.2) is 39.2 Å². The summed E-state index contributed by atoms with van der Waals surface area (Å²) in [6, 6.07) is 18.6. The summed E-state index contributed by atoms with van der Waals surface area (Å²) in [6.07, 6.45) is 4.83. The molecule has 0 saturated heterocycles. The predicted octanol–water partition coefficient (Wildman–Crippen LogP) is 5.15. The van der Waals surface area contributed by atoms with Crippen LogP contribution in [0.15, 0.2) is 71.5 Å². The standard InChI is InChI=1S/C28H27BrN4O3/c1-18(2)36-26-10-9-21(15-22(26)16-30)28(35)31-23(11-13-34)14-19-5-7-20(8-6-19)25-17-33-12-3-4-24(29)27(33)32-25/h3-10,12,15,17-18,23,34H,11,13-14H2,1-2H3,(H,31,35)/t23-/m1/s1. The summed E-state index contributed by atoms with van der Waals surface area (Å²) in [6.45, 7) is 3.71. The number of ether oxygens (including phenoxy) is 1. The van der Waals surface area contributed by atoms with Gasteiger partial charge in [-0.05, 0) is 78.5 Å². The van der Waals surface area contributed by atoms with Crippen molar-refractivity contribution in [2.45, 2.75) is 38.8 Å². The molecular weight excluding hydrogens is 520 g/mol. The number of hydrogen-bond acceptors (Lipinski definition) is 5. The molecule has 2 N–H and O–H groups in total. The Morgan fingerprint density at radius 3 is 2.67 bits per heavy atom. The highest BCUT2D eigenvalue weighted by Gasteiger charge is 2.17. The van der Waals surface area contributed by atoms with E-state index in [1.807, 2.05) is 67.0 Å². The highest BCUT2D eigenvalue weighted by atomic mass is 79.9. The van der Waals surface area contributed by atoms with Crippen molar-refractivity contribution in [3.8, 4) is 23.1 Å². The molecule has 36 heavy (non-hydrogen) atoms. The van der Waals surface area contributed by atoms with Gasteiger partial charge in [-0.25, -0.2) is 4.98 Å². The minimum atomic E-state index is -0.298. The van der Waals surface area contributed by atoms with Crippen LogP contribution in [0.2, 0.25) is 0 Å². The molecule has 2 aromatic carbocycles. The van der Waals surface area contributed by atoms with E-state index >= 15 is 0 Å². The number of aromatic nitrogens is 2. The molecule has 7 nitrogen and oxygen atoms in total. The molecule has 0 aliphatic rings. The molecular formula is C28H27BrN4O3. The number of nitrogens with zero attached hydrogens (tertiary/aromatic N) is 3. The van der Waals surface area contributed by atoms with Gasteiger partial charge in [0.05, 0.1) is 21.8 Å². The van der Waals surface area contributed by atoms with Crippen molar-refractivity contribution in [3.63, 3.8) is 0 Å². The van der Waals surface area contributed by atoms with Gasteiger partial charge in [0.25, 0.3) is 5.91 Å². The first-order valence-corrected chi connectivity index (χ1v) is 12.5. The highest BCUT2D eigenvalue weighted by Crippen LogP contribution is 2.24. The number of benzene rings is 2. The van der Waals surface area contributed by atoms with Crippen LogP contribution < -0.4 is 10.1 Å². The van der Waals surface area contributed by atoms with Crippen molar-refractivity contribution in [2.75, 3.05) is 6.61 Å². The Bertz CT molecular complexity index is 1410. The minimum Gasteiger partial charge on any atom is -0.490 e. The molecule has 0 fully saturated rings. The second-order valence-corrected chi connectivity index (χ2v) is 9.64. The highest BCUT2D eigenvalue weighted by molar-refractivity contribution is 9.10. The zero-order chi connectivity index (χ0) is 25.7. The van der Waals surface area contributed by atoms with Crippen molar-refractivity contribution in [1.82, 2.24) is 14.7 Å². The topological polar surface area (TPSA) is 99.7 Å². The van der Waals surface area contributed by atoms with Crippen LogP contribution >= 0.6 is 15.9 Å². The van der Waals surface area contributed by atoms with Crippen molar-refractivity contribution < 1.29 is 14.6 Å². The number of nitriles is 1. The second kappa shape index (κ2) is 11.4. The van der Waals surface area contributed by atoms with Crippen LogP contribution in [0, 0.1) is 11.3 Å². The Hall–Kier alpha value is -3.67. The molecule has 4 aromatic rings. The van der Waals surface area contributed by atoms with Gasteiger partial charge in [-0.1, -0.05) is 24.3 Å². The lowest BCUT2D eigenvalue weighted by Gasteiger charge is -2.19. The van der Waals surface area contributed by atoms with E-state index in [1.54, 1.807) is 12.1 Å². The molecule has 8 heteroatoms. The summed E-state index contributed by atoms with van der Waals surface area (Å²) in [5.41, 5.74) is 4.42. The van der Waals surface area contributed by atoms with Gasteiger partial charge in [-0.15, -0.1) is 0 Å². The third-order valence-electron chi connectivity index (χ3n) is 5.70. The van der Waals surface area contributed by atoms with E-state index < -0.39 is 0 Å².